The standard InChI is InChI=1S/C18H18ClFN2O3/c1-22(10-14-15(19)7-4-8-16(14)20)11-17(23)21-13-6-3-5-12(9-13)18(24)25-2/h3-9H,10-11H2,1-2H3,(H,21,23). The van der Waals surface area contributed by atoms with Gasteiger partial charge in [0.1, 0.15) is 5.82 Å². The van der Waals surface area contributed by atoms with Crippen LogP contribution in [0.2, 0.25) is 5.02 Å². The lowest BCUT2D eigenvalue weighted by atomic mass is 10.2. The average molecular weight is 365 g/mol. The predicted molar refractivity (Wildman–Crippen MR) is 94.2 cm³/mol. The molecule has 0 radical (unpaired) electrons. The van der Waals surface area contributed by atoms with Crippen LogP contribution >= 0.6 is 11.6 Å². The topological polar surface area (TPSA) is 58.6 Å². The van der Waals surface area contributed by atoms with Crippen LogP contribution < -0.4 is 5.32 Å². The zero-order valence-corrected chi connectivity index (χ0v) is 14.6. The van der Waals surface area contributed by atoms with Gasteiger partial charge in [0.25, 0.3) is 0 Å². The molecular weight excluding hydrogens is 347 g/mol. The lowest BCUT2D eigenvalue weighted by Gasteiger charge is -2.17. The zero-order chi connectivity index (χ0) is 18.4. The molecule has 0 spiro atoms. The van der Waals surface area contributed by atoms with E-state index in [0.717, 1.165) is 0 Å². The van der Waals surface area contributed by atoms with E-state index in [1.807, 2.05) is 0 Å². The van der Waals surface area contributed by atoms with Gasteiger partial charge in [0, 0.05) is 22.8 Å². The highest BCUT2D eigenvalue weighted by Gasteiger charge is 2.13. The summed E-state index contributed by atoms with van der Waals surface area (Å²) in [6.45, 7) is 0.230. The van der Waals surface area contributed by atoms with Crippen LogP contribution in [0.25, 0.3) is 0 Å². The zero-order valence-electron chi connectivity index (χ0n) is 13.9. The Bertz CT molecular complexity index is 762. The SMILES string of the molecule is COC(=O)c1cccc(NC(=O)CN(C)Cc2c(F)cccc2Cl)c1. The Morgan fingerprint density at radius 3 is 2.64 bits per heavy atom. The van der Waals surface area contributed by atoms with Crippen LogP contribution in [-0.2, 0) is 16.1 Å². The van der Waals surface area contributed by atoms with Crippen LogP contribution in [0.1, 0.15) is 15.9 Å². The van der Waals surface area contributed by atoms with E-state index < -0.39 is 11.8 Å². The van der Waals surface area contributed by atoms with Gasteiger partial charge in [-0.05, 0) is 37.4 Å². The molecule has 0 atom stereocenters. The van der Waals surface area contributed by atoms with Crippen LogP contribution in [0.4, 0.5) is 10.1 Å². The molecule has 0 fully saturated rings. The normalized spacial score (nSPS) is 10.6. The Kier molecular flexibility index (Phi) is 6.50. The second kappa shape index (κ2) is 8.60. The van der Waals surface area contributed by atoms with E-state index >= 15 is 0 Å². The number of benzene rings is 2. The summed E-state index contributed by atoms with van der Waals surface area (Å²) in [6.07, 6.45) is 0. The summed E-state index contributed by atoms with van der Waals surface area (Å²) >= 11 is 5.99. The molecule has 7 heteroatoms. The Labute approximate surface area is 150 Å². The van der Waals surface area contributed by atoms with Gasteiger partial charge in [-0.15, -0.1) is 0 Å². The Morgan fingerprint density at radius 1 is 1.24 bits per heavy atom. The Hall–Kier alpha value is -2.44. The van der Waals surface area contributed by atoms with Crippen LogP contribution in [-0.4, -0.2) is 37.5 Å². The van der Waals surface area contributed by atoms with Crippen LogP contribution in [0.3, 0.4) is 0 Å². The molecule has 0 aliphatic rings. The minimum atomic E-state index is -0.484. The molecule has 0 bridgehead atoms. The van der Waals surface area contributed by atoms with Crippen molar-refractivity contribution in [3.8, 4) is 0 Å². The van der Waals surface area contributed by atoms with Gasteiger partial charge in [-0.3, -0.25) is 9.69 Å². The number of hydrogen-bond donors (Lipinski definition) is 1. The summed E-state index contributed by atoms with van der Waals surface area (Å²) in [4.78, 5) is 25.3. The molecule has 1 amide bonds. The fourth-order valence-corrected chi connectivity index (χ4v) is 2.52. The minimum absolute atomic E-state index is 0.0348. The van der Waals surface area contributed by atoms with Crippen LogP contribution in [0, 0.1) is 5.82 Å². The molecule has 0 unspecified atom stereocenters. The molecule has 132 valence electrons. The van der Waals surface area contributed by atoms with Gasteiger partial charge in [0.15, 0.2) is 0 Å². The number of amides is 1. The number of likely N-dealkylation sites (N-methyl/N-ethyl adjacent to an activating group) is 1. The Morgan fingerprint density at radius 2 is 1.96 bits per heavy atom. The van der Waals surface area contributed by atoms with Gasteiger partial charge in [0.2, 0.25) is 5.91 Å². The van der Waals surface area contributed by atoms with Crippen LogP contribution in [0.15, 0.2) is 42.5 Å². The highest BCUT2D eigenvalue weighted by Crippen LogP contribution is 2.20. The van der Waals surface area contributed by atoms with Gasteiger partial charge in [-0.1, -0.05) is 23.7 Å². The maximum Gasteiger partial charge on any atom is 0.337 e. The molecule has 0 aliphatic heterocycles. The number of anilines is 1. The fraction of sp³-hybridized carbons (Fsp3) is 0.222. The third kappa shape index (κ3) is 5.27. The molecule has 0 aromatic heterocycles. The first-order valence-corrected chi connectivity index (χ1v) is 7.88. The van der Waals surface area contributed by atoms with Crippen molar-refractivity contribution in [1.29, 1.82) is 0 Å². The maximum absolute atomic E-state index is 13.8. The summed E-state index contributed by atoms with van der Waals surface area (Å²) in [5.41, 5.74) is 1.16. The number of halogens is 2. The van der Waals surface area contributed by atoms with Crippen molar-refractivity contribution in [3.63, 3.8) is 0 Å². The van der Waals surface area contributed by atoms with Crippen molar-refractivity contribution in [1.82, 2.24) is 4.90 Å². The molecule has 0 saturated heterocycles. The van der Waals surface area contributed by atoms with E-state index in [2.05, 4.69) is 10.1 Å². The van der Waals surface area contributed by atoms with E-state index in [4.69, 9.17) is 11.6 Å². The van der Waals surface area contributed by atoms with Crippen molar-refractivity contribution in [2.45, 2.75) is 6.54 Å². The van der Waals surface area contributed by atoms with E-state index in [1.165, 1.54) is 25.3 Å². The first kappa shape index (κ1) is 18.9. The van der Waals surface area contributed by atoms with Crippen molar-refractivity contribution in [2.24, 2.45) is 0 Å². The third-order valence-corrected chi connectivity index (χ3v) is 3.82. The molecule has 1 N–H and O–H groups in total. The second-order valence-electron chi connectivity index (χ2n) is 5.49. The quantitative estimate of drug-likeness (QED) is 0.799. The molecule has 0 aliphatic carbocycles. The number of rotatable bonds is 6. The smallest absolute Gasteiger partial charge is 0.337 e. The summed E-state index contributed by atoms with van der Waals surface area (Å²) < 4.78 is 18.4. The fourth-order valence-electron chi connectivity index (χ4n) is 2.30. The van der Waals surface area contributed by atoms with E-state index in [1.54, 1.807) is 36.2 Å². The third-order valence-electron chi connectivity index (χ3n) is 3.47. The summed E-state index contributed by atoms with van der Waals surface area (Å²) in [6, 6.07) is 10.9. The van der Waals surface area contributed by atoms with Crippen LogP contribution in [0.5, 0.6) is 0 Å². The monoisotopic (exact) mass is 364 g/mol. The Balaban J connectivity index is 1.97. The second-order valence-corrected chi connectivity index (χ2v) is 5.90. The van der Waals surface area contributed by atoms with Gasteiger partial charge in [-0.25, -0.2) is 9.18 Å². The molecule has 2 rings (SSSR count). The van der Waals surface area contributed by atoms with Gasteiger partial charge >= 0.3 is 5.97 Å². The predicted octanol–water partition coefficient (Wildman–Crippen LogP) is 3.34. The average Bonchev–Trinajstić information content (AvgIpc) is 2.57. The van der Waals surface area contributed by atoms with Gasteiger partial charge in [0.05, 0.1) is 19.2 Å². The lowest BCUT2D eigenvalue weighted by Crippen LogP contribution is -2.30. The van der Waals surface area contributed by atoms with E-state index in [-0.39, 0.29) is 19.0 Å². The number of esters is 1. The van der Waals surface area contributed by atoms with Crippen molar-refractivity contribution < 1.29 is 18.7 Å². The van der Waals surface area contributed by atoms with Crippen molar-refractivity contribution in [3.05, 3.63) is 64.4 Å². The summed E-state index contributed by atoms with van der Waals surface area (Å²) in [7, 11) is 2.98. The maximum atomic E-state index is 13.8. The number of nitrogens with zero attached hydrogens (tertiary/aromatic N) is 1. The first-order chi connectivity index (χ1) is 11.9. The summed E-state index contributed by atoms with van der Waals surface area (Å²) in [5, 5.41) is 3.01. The molecule has 2 aromatic rings. The lowest BCUT2D eigenvalue weighted by molar-refractivity contribution is -0.117. The van der Waals surface area contributed by atoms with Crippen molar-refractivity contribution >= 4 is 29.2 Å². The van der Waals surface area contributed by atoms with Gasteiger partial charge < -0.3 is 10.1 Å². The number of carbonyl (C=O) groups is 2. The van der Waals surface area contributed by atoms with E-state index in [9.17, 15) is 14.0 Å². The molecule has 0 heterocycles. The molecular formula is C18H18ClFN2O3. The molecule has 0 saturated carbocycles. The summed E-state index contributed by atoms with van der Waals surface area (Å²) in [5.74, 6) is -1.19. The highest BCUT2D eigenvalue weighted by molar-refractivity contribution is 6.31. The number of nitrogens with one attached hydrogen (secondary N) is 1. The van der Waals surface area contributed by atoms with Crippen molar-refractivity contribution in [2.75, 3.05) is 26.0 Å². The largest absolute Gasteiger partial charge is 0.465 e. The number of ether oxygens (including phenoxy) is 1. The van der Waals surface area contributed by atoms with E-state index in [0.29, 0.717) is 21.8 Å². The highest BCUT2D eigenvalue weighted by atomic mass is 35.5. The number of hydrogen-bond acceptors (Lipinski definition) is 4. The molecule has 2 aromatic carbocycles. The first-order valence-electron chi connectivity index (χ1n) is 7.50. The number of methoxy groups -OCH3 is 1. The molecule has 25 heavy (non-hydrogen) atoms. The number of carbonyl (C=O) groups excluding carboxylic acids is 2. The minimum Gasteiger partial charge on any atom is -0.465 e. The van der Waals surface area contributed by atoms with Gasteiger partial charge in [-0.2, -0.15) is 0 Å². The molecule has 5 nitrogen and oxygen atoms in total.